The number of nitrogens with one attached hydrogen (secondary N) is 1. The molecule has 130 valence electrons. The van der Waals surface area contributed by atoms with E-state index in [9.17, 15) is 14.7 Å². The smallest absolute Gasteiger partial charge is 0.251 e. The molecule has 1 aromatic rings. The minimum Gasteiger partial charge on any atom is -0.548 e. The highest BCUT2D eigenvalue weighted by Gasteiger charge is 2.15. The Morgan fingerprint density at radius 3 is 2.30 bits per heavy atom. The Hall–Kier alpha value is -0.950. The minimum atomic E-state index is -1.30. The van der Waals surface area contributed by atoms with Crippen LogP contribution < -0.4 is 16.2 Å². The summed E-state index contributed by atoms with van der Waals surface area (Å²) in [4.78, 5) is 22.8. The van der Waals surface area contributed by atoms with Gasteiger partial charge in [-0.05, 0) is 50.5 Å². The van der Waals surface area contributed by atoms with Gasteiger partial charge in [-0.15, -0.1) is 0 Å². The molecule has 0 aliphatic heterocycles. The van der Waals surface area contributed by atoms with Crippen LogP contribution in [-0.4, -0.2) is 36.0 Å². The minimum absolute atomic E-state index is 0.239. The van der Waals surface area contributed by atoms with Gasteiger partial charge in [0.05, 0.1) is 28.1 Å². The van der Waals surface area contributed by atoms with Gasteiger partial charge in [-0.1, -0.05) is 23.2 Å². The highest BCUT2D eigenvalue weighted by molar-refractivity contribution is 7.98. The maximum absolute atomic E-state index is 11.9. The Kier molecular flexibility index (Phi) is 11.1. The van der Waals surface area contributed by atoms with Crippen molar-refractivity contribution in [2.75, 3.05) is 12.0 Å². The van der Waals surface area contributed by atoms with Crippen LogP contribution in [0.4, 0.5) is 0 Å². The van der Waals surface area contributed by atoms with E-state index in [4.69, 9.17) is 23.2 Å². The van der Waals surface area contributed by atoms with E-state index in [0.29, 0.717) is 23.2 Å². The molecular weight excluding hydrogens is 359 g/mol. The maximum Gasteiger partial charge on any atom is 0.251 e. The molecule has 0 unspecified atom stereocenters. The number of aliphatic carboxylic acids is 1. The number of carbonyl (C=O) groups excluding carboxylic acids is 2. The first-order valence-electron chi connectivity index (χ1n) is 6.97. The molecule has 0 aliphatic carbocycles. The Bertz CT molecular complexity index is 525. The summed E-state index contributed by atoms with van der Waals surface area (Å²) < 4.78 is 0. The molecule has 5 nitrogen and oxygen atoms in total. The molecule has 0 spiro atoms. The van der Waals surface area contributed by atoms with Crippen LogP contribution in [0, 0.1) is 0 Å². The van der Waals surface area contributed by atoms with E-state index in [1.54, 1.807) is 0 Å². The molecule has 1 rings (SSSR count). The van der Waals surface area contributed by atoms with Crippen molar-refractivity contribution in [3.8, 4) is 0 Å². The molecular formula is C15H22Cl2N2O3S. The van der Waals surface area contributed by atoms with Gasteiger partial charge in [0.25, 0.3) is 5.91 Å². The van der Waals surface area contributed by atoms with Crippen LogP contribution in [-0.2, 0) is 4.79 Å². The number of carbonyl (C=O) groups is 2. The molecule has 0 heterocycles. The van der Waals surface area contributed by atoms with Gasteiger partial charge in [-0.2, -0.15) is 11.8 Å². The highest BCUT2D eigenvalue weighted by atomic mass is 35.5. The number of rotatable bonds is 6. The monoisotopic (exact) mass is 380 g/mol. The fourth-order valence-electron chi connectivity index (χ4n) is 1.36. The molecule has 0 aromatic heterocycles. The molecule has 4 N–H and O–H groups in total. The predicted molar refractivity (Wildman–Crippen MR) is 93.7 cm³/mol. The summed E-state index contributed by atoms with van der Waals surface area (Å²) in [5.74, 6) is -1.21. The van der Waals surface area contributed by atoms with Crippen molar-refractivity contribution in [2.24, 2.45) is 0 Å². The van der Waals surface area contributed by atoms with Crippen LogP contribution in [0.25, 0.3) is 0 Å². The Morgan fingerprint density at radius 2 is 1.87 bits per heavy atom. The number of quaternary nitrogens is 1. The lowest BCUT2D eigenvalue weighted by Gasteiger charge is -2.19. The Morgan fingerprint density at radius 1 is 1.30 bits per heavy atom. The summed E-state index contributed by atoms with van der Waals surface area (Å²) in [6.45, 7) is 4.11. The molecule has 23 heavy (non-hydrogen) atoms. The number of thioether (sulfide) groups is 1. The van der Waals surface area contributed by atoms with E-state index in [1.165, 1.54) is 30.0 Å². The van der Waals surface area contributed by atoms with Gasteiger partial charge in [-0.3, -0.25) is 4.79 Å². The third-order valence-corrected chi connectivity index (χ3v) is 3.77. The van der Waals surface area contributed by atoms with E-state index in [0.717, 1.165) is 0 Å². The van der Waals surface area contributed by atoms with Crippen LogP contribution in [0.2, 0.25) is 10.0 Å². The van der Waals surface area contributed by atoms with Crippen molar-refractivity contribution in [3.63, 3.8) is 0 Å². The number of hydrogen-bond donors (Lipinski definition) is 2. The number of carboxylic acid groups (broad SMARTS) is 1. The van der Waals surface area contributed by atoms with Crippen LogP contribution in [0.3, 0.4) is 0 Å². The maximum atomic E-state index is 11.9. The molecule has 1 aromatic carbocycles. The third kappa shape index (κ3) is 9.71. The standard InChI is InChI=1S/C12H13Cl2NO3S.C3H9N/c1-19-5-4-10(12(17)18)15-11(16)7-2-3-8(13)9(14)6-7;1-3(2)4/h2-3,6,10H,4-5H2,1H3,(H,15,16)(H,17,18);3H,4H2,1-2H3/t10-;/m0./s1. The first-order chi connectivity index (χ1) is 10.7. The second-order valence-electron chi connectivity index (χ2n) is 5.15. The fraction of sp³-hybridized carbons (Fsp3) is 0.467. The quantitative estimate of drug-likeness (QED) is 0.775. The van der Waals surface area contributed by atoms with Crippen LogP contribution in [0.1, 0.15) is 30.6 Å². The second-order valence-corrected chi connectivity index (χ2v) is 6.95. The summed E-state index contributed by atoms with van der Waals surface area (Å²) >= 11 is 13.0. The lowest BCUT2D eigenvalue weighted by atomic mass is 10.1. The van der Waals surface area contributed by atoms with Crippen molar-refractivity contribution in [2.45, 2.75) is 32.4 Å². The predicted octanol–water partition coefficient (Wildman–Crippen LogP) is 1.23. The zero-order valence-electron chi connectivity index (χ0n) is 13.4. The van der Waals surface area contributed by atoms with E-state index < -0.39 is 17.9 Å². The van der Waals surface area contributed by atoms with Crippen molar-refractivity contribution < 1.29 is 20.4 Å². The average molecular weight is 381 g/mol. The van der Waals surface area contributed by atoms with Crippen molar-refractivity contribution in [1.29, 1.82) is 0 Å². The number of amides is 1. The normalized spacial score (nSPS) is 11.4. The SMILES string of the molecule is CC(C)[NH3+].CSCC[C@H](NC(=O)c1ccc(Cl)c(Cl)c1)C(=O)[O-]. The molecule has 0 saturated carbocycles. The average Bonchev–Trinajstić information content (AvgIpc) is 2.45. The lowest BCUT2D eigenvalue weighted by molar-refractivity contribution is -0.407. The lowest BCUT2D eigenvalue weighted by Crippen LogP contribution is -2.57. The second kappa shape index (κ2) is 11.6. The molecule has 0 bridgehead atoms. The van der Waals surface area contributed by atoms with Crippen LogP contribution >= 0.6 is 35.0 Å². The van der Waals surface area contributed by atoms with Crippen LogP contribution in [0.5, 0.6) is 0 Å². The summed E-state index contributed by atoms with van der Waals surface area (Å²) in [5.41, 5.74) is 3.89. The molecule has 0 radical (unpaired) electrons. The van der Waals surface area contributed by atoms with Gasteiger partial charge in [0.15, 0.2) is 0 Å². The summed E-state index contributed by atoms with van der Waals surface area (Å²) in [7, 11) is 0. The van der Waals surface area contributed by atoms with E-state index in [1.807, 2.05) is 6.26 Å². The van der Waals surface area contributed by atoms with Crippen molar-refractivity contribution >= 4 is 46.8 Å². The zero-order valence-corrected chi connectivity index (χ0v) is 15.7. The van der Waals surface area contributed by atoms with Gasteiger partial charge in [-0.25, -0.2) is 0 Å². The zero-order chi connectivity index (χ0) is 18.0. The van der Waals surface area contributed by atoms with E-state index >= 15 is 0 Å². The number of carboxylic acids is 1. The number of hydrogen-bond acceptors (Lipinski definition) is 4. The van der Waals surface area contributed by atoms with Crippen LogP contribution in [0.15, 0.2) is 18.2 Å². The van der Waals surface area contributed by atoms with E-state index in [2.05, 4.69) is 24.9 Å². The summed E-state index contributed by atoms with van der Waals surface area (Å²) in [6.07, 6.45) is 2.16. The fourth-order valence-corrected chi connectivity index (χ4v) is 2.13. The molecule has 0 saturated heterocycles. The Labute approximate surface area is 150 Å². The topological polar surface area (TPSA) is 96.9 Å². The first-order valence-corrected chi connectivity index (χ1v) is 9.12. The van der Waals surface area contributed by atoms with Gasteiger partial charge in [0.2, 0.25) is 0 Å². The molecule has 0 fully saturated rings. The molecule has 8 heteroatoms. The van der Waals surface area contributed by atoms with Crippen molar-refractivity contribution in [3.05, 3.63) is 33.8 Å². The molecule has 0 aliphatic rings. The van der Waals surface area contributed by atoms with Gasteiger partial charge in [0, 0.05) is 5.56 Å². The van der Waals surface area contributed by atoms with Crippen molar-refractivity contribution in [1.82, 2.24) is 5.32 Å². The Balaban J connectivity index is 0.00000108. The molecule has 1 amide bonds. The first kappa shape index (κ1) is 22.1. The highest BCUT2D eigenvalue weighted by Crippen LogP contribution is 2.22. The summed E-state index contributed by atoms with van der Waals surface area (Å²) in [5, 5.41) is 13.9. The molecule has 1 atom stereocenters. The van der Waals surface area contributed by atoms with Gasteiger partial charge >= 0.3 is 0 Å². The van der Waals surface area contributed by atoms with Gasteiger partial charge < -0.3 is 21.0 Å². The number of benzene rings is 1. The third-order valence-electron chi connectivity index (χ3n) is 2.38. The van der Waals surface area contributed by atoms with E-state index in [-0.39, 0.29) is 10.6 Å². The largest absolute Gasteiger partial charge is 0.548 e. The van der Waals surface area contributed by atoms with Gasteiger partial charge in [0.1, 0.15) is 0 Å². The summed E-state index contributed by atoms with van der Waals surface area (Å²) in [6, 6.07) is 3.91. The number of halogens is 2.